The maximum absolute atomic E-state index is 12.1. The summed E-state index contributed by atoms with van der Waals surface area (Å²) in [5.74, 6) is 0.546. The van der Waals surface area contributed by atoms with E-state index in [4.69, 9.17) is 10.5 Å². The molecule has 0 fully saturated rings. The number of rotatable bonds is 5. The van der Waals surface area contributed by atoms with E-state index in [-0.39, 0.29) is 5.91 Å². The molecule has 0 aliphatic rings. The van der Waals surface area contributed by atoms with Crippen molar-refractivity contribution >= 4 is 34.2 Å². The smallest absolute Gasteiger partial charge is 0.252 e. The summed E-state index contributed by atoms with van der Waals surface area (Å²) >= 11 is 2.19. The molecule has 0 spiro atoms. The first-order chi connectivity index (χ1) is 10.1. The molecule has 110 valence electrons. The van der Waals surface area contributed by atoms with E-state index in [1.807, 2.05) is 37.3 Å². The molecule has 0 unspecified atom stereocenters. The van der Waals surface area contributed by atoms with Crippen molar-refractivity contribution in [2.24, 2.45) is 0 Å². The van der Waals surface area contributed by atoms with Crippen LogP contribution in [0.25, 0.3) is 0 Å². The zero-order chi connectivity index (χ0) is 15.2. The van der Waals surface area contributed by atoms with E-state index in [0.29, 0.717) is 30.2 Å². The van der Waals surface area contributed by atoms with Crippen LogP contribution in [-0.4, -0.2) is 19.1 Å². The number of amides is 1. The second-order valence-electron chi connectivity index (χ2n) is 4.58. The lowest BCUT2D eigenvalue weighted by molar-refractivity contribution is 0.0946. The molecular weight excluding hydrogens is 379 g/mol. The summed E-state index contributed by atoms with van der Waals surface area (Å²) in [6.07, 6.45) is 0. The van der Waals surface area contributed by atoms with Crippen molar-refractivity contribution < 1.29 is 9.53 Å². The van der Waals surface area contributed by atoms with E-state index in [0.717, 1.165) is 9.13 Å². The van der Waals surface area contributed by atoms with E-state index in [2.05, 4.69) is 27.9 Å². The van der Waals surface area contributed by atoms with Gasteiger partial charge >= 0.3 is 0 Å². The monoisotopic (exact) mass is 396 g/mol. The Morgan fingerprint density at radius 3 is 2.76 bits per heavy atom. The first kappa shape index (κ1) is 15.6. The number of nitrogens with one attached hydrogen (secondary N) is 1. The van der Waals surface area contributed by atoms with Crippen LogP contribution in [0.3, 0.4) is 0 Å². The minimum absolute atomic E-state index is 0.0901. The summed E-state index contributed by atoms with van der Waals surface area (Å²) in [6, 6.07) is 13.0. The number of benzene rings is 2. The predicted molar refractivity (Wildman–Crippen MR) is 92.6 cm³/mol. The van der Waals surface area contributed by atoms with Crippen molar-refractivity contribution in [1.29, 1.82) is 0 Å². The van der Waals surface area contributed by atoms with Crippen LogP contribution in [0.2, 0.25) is 0 Å². The molecule has 0 saturated carbocycles. The Hall–Kier alpha value is -1.76. The van der Waals surface area contributed by atoms with Gasteiger partial charge in [0, 0.05) is 3.57 Å². The van der Waals surface area contributed by atoms with Gasteiger partial charge in [0.25, 0.3) is 5.91 Å². The summed E-state index contributed by atoms with van der Waals surface area (Å²) in [5.41, 5.74) is 8.15. The highest BCUT2D eigenvalue weighted by atomic mass is 127. The maximum Gasteiger partial charge on any atom is 0.252 e. The van der Waals surface area contributed by atoms with Gasteiger partial charge in [-0.3, -0.25) is 4.79 Å². The maximum atomic E-state index is 12.1. The van der Waals surface area contributed by atoms with Crippen molar-refractivity contribution in [3.8, 4) is 5.75 Å². The molecule has 0 saturated heterocycles. The van der Waals surface area contributed by atoms with Gasteiger partial charge in [-0.25, -0.2) is 0 Å². The third-order valence-corrected chi connectivity index (χ3v) is 4.43. The highest BCUT2D eigenvalue weighted by molar-refractivity contribution is 14.1. The second-order valence-corrected chi connectivity index (χ2v) is 5.66. The summed E-state index contributed by atoms with van der Waals surface area (Å²) in [5, 5.41) is 2.85. The number of carbonyl (C=O) groups excluding carboxylic acids is 1. The Morgan fingerprint density at radius 2 is 2.00 bits per heavy atom. The van der Waals surface area contributed by atoms with E-state index in [9.17, 15) is 4.79 Å². The zero-order valence-corrected chi connectivity index (χ0v) is 13.9. The number of para-hydroxylation sites is 2. The normalized spacial score (nSPS) is 10.2. The molecule has 0 radical (unpaired) electrons. The number of aryl methyl sites for hydroxylation is 1. The van der Waals surface area contributed by atoms with Gasteiger partial charge in [-0.05, 0) is 53.3 Å². The number of hydrogen-bond acceptors (Lipinski definition) is 3. The minimum Gasteiger partial charge on any atom is -0.490 e. The van der Waals surface area contributed by atoms with Crippen LogP contribution in [0.4, 0.5) is 5.69 Å². The number of anilines is 1. The van der Waals surface area contributed by atoms with Gasteiger partial charge in [-0.2, -0.15) is 0 Å². The molecule has 3 N–H and O–H groups in total. The predicted octanol–water partition coefficient (Wildman–Crippen LogP) is 2.99. The van der Waals surface area contributed by atoms with Crippen molar-refractivity contribution in [2.75, 3.05) is 18.9 Å². The van der Waals surface area contributed by atoms with E-state index < -0.39 is 0 Å². The van der Waals surface area contributed by atoms with Crippen molar-refractivity contribution in [3.05, 3.63) is 57.2 Å². The molecule has 0 bridgehead atoms. The van der Waals surface area contributed by atoms with Crippen LogP contribution in [0.15, 0.2) is 42.5 Å². The average molecular weight is 396 g/mol. The lowest BCUT2D eigenvalue weighted by Crippen LogP contribution is -2.28. The van der Waals surface area contributed by atoms with Gasteiger partial charge in [0.05, 0.1) is 17.8 Å². The number of nitrogen functional groups attached to an aromatic ring is 1. The third kappa shape index (κ3) is 4.10. The van der Waals surface area contributed by atoms with Crippen LogP contribution in [-0.2, 0) is 0 Å². The molecular formula is C16H17IN2O2. The summed E-state index contributed by atoms with van der Waals surface area (Å²) in [6.45, 7) is 2.79. The summed E-state index contributed by atoms with van der Waals surface area (Å²) in [4.78, 5) is 12.1. The molecule has 1 amide bonds. The fraction of sp³-hybridized carbons (Fsp3) is 0.188. The van der Waals surface area contributed by atoms with Gasteiger partial charge in [0.15, 0.2) is 0 Å². The summed E-state index contributed by atoms with van der Waals surface area (Å²) < 4.78 is 6.51. The molecule has 5 heteroatoms. The molecule has 0 heterocycles. The molecule has 2 aromatic carbocycles. The minimum atomic E-state index is -0.0901. The van der Waals surface area contributed by atoms with Crippen molar-refractivity contribution in [1.82, 2.24) is 5.32 Å². The highest BCUT2D eigenvalue weighted by Crippen LogP contribution is 2.19. The molecule has 2 aromatic rings. The standard InChI is InChI=1S/C16H17IN2O2/c1-11-5-4-6-12(15(11)17)16(20)19-9-10-21-14-8-3-2-7-13(14)18/h2-8H,9-10,18H2,1H3,(H,19,20). The van der Waals surface area contributed by atoms with Gasteiger partial charge in [0.2, 0.25) is 0 Å². The van der Waals surface area contributed by atoms with Crippen LogP contribution < -0.4 is 15.8 Å². The van der Waals surface area contributed by atoms with Gasteiger partial charge in [0.1, 0.15) is 12.4 Å². The molecule has 0 aliphatic heterocycles. The Bertz CT molecular complexity index is 644. The largest absolute Gasteiger partial charge is 0.490 e. The molecule has 4 nitrogen and oxygen atoms in total. The average Bonchev–Trinajstić information content (AvgIpc) is 2.48. The lowest BCUT2D eigenvalue weighted by Gasteiger charge is -2.10. The third-order valence-electron chi connectivity index (χ3n) is 3.00. The summed E-state index contributed by atoms with van der Waals surface area (Å²) in [7, 11) is 0. The van der Waals surface area contributed by atoms with E-state index >= 15 is 0 Å². The quantitative estimate of drug-likeness (QED) is 0.464. The Balaban J connectivity index is 1.85. The zero-order valence-electron chi connectivity index (χ0n) is 11.7. The first-order valence-electron chi connectivity index (χ1n) is 6.60. The van der Waals surface area contributed by atoms with Gasteiger partial charge < -0.3 is 15.8 Å². The van der Waals surface area contributed by atoms with Crippen LogP contribution in [0, 0.1) is 10.5 Å². The number of carbonyl (C=O) groups is 1. The van der Waals surface area contributed by atoms with Gasteiger partial charge in [-0.1, -0.05) is 24.3 Å². The van der Waals surface area contributed by atoms with Crippen LogP contribution in [0.1, 0.15) is 15.9 Å². The van der Waals surface area contributed by atoms with Crippen molar-refractivity contribution in [3.63, 3.8) is 0 Å². The Morgan fingerprint density at radius 1 is 1.24 bits per heavy atom. The van der Waals surface area contributed by atoms with Crippen LogP contribution >= 0.6 is 22.6 Å². The fourth-order valence-corrected chi connectivity index (χ4v) is 2.46. The fourth-order valence-electron chi connectivity index (χ4n) is 1.86. The molecule has 0 aromatic heterocycles. The first-order valence-corrected chi connectivity index (χ1v) is 7.68. The topological polar surface area (TPSA) is 64.3 Å². The number of halogens is 1. The van der Waals surface area contributed by atoms with Gasteiger partial charge in [-0.15, -0.1) is 0 Å². The van der Waals surface area contributed by atoms with E-state index in [1.54, 1.807) is 12.1 Å². The molecule has 0 aliphatic carbocycles. The highest BCUT2D eigenvalue weighted by Gasteiger charge is 2.10. The van der Waals surface area contributed by atoms with Crippen molar-refractivity contribution in [2.45, 2.75) is 6.92 Å². The second kappa shape index (κ2) is 7.31. The van der Waals surface area contributed by atoms with E-state index in [1.165, 1.54) is 0 Å². The van der Waals surface area contributed by atoms with Crippen LogP contribution in [0.5, 0.6) is 5.75 Å². The number of hydrogen-bond donors (Lipinski definition) is 2. The lowest BCUT2D eigenvalue weighted by atomic mass is 10.1. The molecule has 2 rings (SSSR count). The Kier molecular flexibility index (Phi) is 5.44. The Labute approximate surface area is 137 Å². The molecule has 21 heavy (non-hydrogen) atoms. The molecule has 0 atom stereocenters. The number of nitrogens with two attached hydrogens (primary N) is 1. The number of ether oxygens (including phenoxy) is 1. The SMILES string of the molecule is Cc1cccc(C(=O)NCCOc2ccccc2N)c1I.